The van der Waals surface area contributed by atoms with E-state index in [1.54, 1.807) is 22.7 Å². The molecule has 178 valence electrons. The topological polar surface area (TPSA) is 95.9 Å². The quantitative estimate of drug-likeness (QED) is 0.595. The summed E-state index contributed by atoms with van der Waals surface area (Å²) in [6.07, 6.45) is 3.64. The number of carboxylic acids is 1. The number of hydrogen-bond donors (Lipinski definition) is 2. The molecule has 1 atom stereocenters. The molecule has 0 saturated carbocycles. The number of fused-ring (bicyclic) bond motifs is 3. The van der Waals surface area contributed by atoms with E-state index in [1.807, 2.05) is 30.5 Å². The number of carboxylic acid groups (broad SMARTS) is 1. The highest BCUT2D eigenvalue weighted by molar-refractivity contribution is 7.98. The number of ether oxygens (including phenoxy) is 1. The molecule has 1 aliphatic carbocycles. The van der Waals surface area contributed by atoms with Crippen molar-refractivity contribution in [2.75, 3.05) is 31.7 Å². The van der Waals surface area contributed by atoms with Gasteiger partial charge in [0.1, 0.15) is 12.6 Å². The molecule has 0 fully saturated rings. The Morgan fingerprint density at radius 1 is 1.12 bits per heavy atom. The summed E-state index contributed by atoms with van der Waals surface area (Å²) in [5, 5.41) is 11.9. The number of carbonyl (C=O) groups is 3. The Morgan fingerprint density at radius 3 is 2.32 bits per heavy atom. The van der Waals surface area contributed by atoms with E-state index in [1.165, 1.54) is 0 Å². The Balaban J connectivity index is 1.40. The van der Waals surface area contributed by atoms with E-state index in [0.29, 0.717) is 30.7 Å². The van der Waals surface area contributed by atoms with Crippen molar-refractivity contribution in [3.05, 3.63) is 71.3 Å². The maximum absolute atomic E-state index is 13.1. The van der Waals surface area contributed by atoms with Gasteiger partial charge in [-0.2, -0.15) is 11.8 Å². The fourth-order valence-corrected chi connectivity index (χ4v) is 5.03. The first-order valence-electron chi connectivity index (χ1n) is 11.3. The van der Waals surface area contributed by atoms with E-state index in [9.17, 15) is 14.4 Å². The van der Waals surface area contributed by atoms with Crippen LogP contribution in [0.3, 0.4) is 0 Å². The number of nitrogens with one attached hydrogen (secondary N) is 1. The van der Waals surface area contributed by atoms with Gasteiger partial charge in [-0.15, -0.1) is 0 Å². The smallest absolute Gasteiger partial charge is 0.407 e. The third-order valence-electron chi connectivity index (χ3n) is 6.34. The van der Waals surface area contributed by atoms with Gasteiger partial charge >= 0.3 is 12.1 Å². The number of benzene rings is 2. The van der Waals surface area contributed by atoms with Crippen molar-refractivity contribution in [2.45, 2.75) is 24.8 Å². The number of rotatable bonds is 8. The van der Waals surface area contributed by atoms with Gasteiger partial charge in [-0.05, 0) is 47.1 Å². The molecule has 2 N–H and O–H groups in total. The van der Waals surface area contributed by atoms with E-state index < -0.39 is 18.1 Å². The van der Waals surface area contributed by atoms with E-state index in [2.05, 4.69) is 29.6 Å². The number of hydrogen-bond acceptors (Lipinski definition) is 5. The molecule has 7 nitrogen and oxygen atoms in total. The summed E-state index contributed by atoms with van der Waals surface area (Å²) >= 11 is 1.59. The second-order valence-corrected chi connectivity index (χ2v) is 9.36. The van der Waals surface area contributed by atoms with Gasteiger partial charge in [-0.1, -0.05) is 54.6 Å². The summed E-state index contributed by atoms with van der Waals surface area (Å²) in [7, 11) is 0. The number of thioether (sulfide) groups is 1. The average Bonchev–Trinajstić information content (AvgIpc) is 3.18. The molecule has 0 aromatic heterocycles. The SMILES string of the molecule is CSCC[C@@H](NC(=O)OCC1c2ccccc2-c2ccccc21)C(=O)N1CC=C(C(=O)O)CC1. The monoisotopic (exact) mass is 480 g/mol. The summed E-state index contributed by atoms with van der Waals surface area (Å²) in [6.45, 7) is 0.722. The lowest BCUT2D eigenvalue weighted by Crippen LogP contribution is -2.50. The third kappa shape index (κ3) is 5.12. The van der Waals surface area contributed by atoms with Gasteiger partial charge in [0, 0.05) is 24.6 Å². The zero-order valence-electron chi connectivity index (χ0n) is 19.0. The first-order valence-corrected chi connectivity index (χ1v) is 12.7. The van der Waals surface area contributed by atoms with Gasteiger partial charge < -0.3 is 20.1 Å². The van der Waals surface area contributed by atoms with Crippen LogP contribution in [0.2, 0.25) is 0 Å². The van der Waals surface area contributed by atoms with Crippen LogP contribution in [0.5, 0.6) is 0 Å². The molecule has 1 heterocycles. The lowest BCUT2D eigenvalue weighted by molar-refractivity contribution is -0.135. The molecule has 0 bridgehead atoms. The molecule has 4 rings (SSSR count). The average molecular weight is 481 g/mol. The minimum Gasteiger partial charge on any atom is -0.478 e. The van der Waals surface area contributed by atoms with Crippen molar-refractivity contribution in [1.82, 2.24) is 10.2 Å². The lowest BCUT2D eigenvalue weighted by Gasteiger charge is -2.29. The lowest BCUT2D eigenvalue weighted by atomic mass is 9.98. The summed E-state index contributed by atoms with van der Waals surface area (Å²) in [4.78, 5) is 38.5. The van der Waals surface area contributed by atoms with Gasteiger partial charge in [0.25, 0.3) is 0 Å². The molecule has 0 spiro atoms. The molecule has 34 heavy (non-hydrogen) atoms. The van der Waals surface area contributed by atoms with Crippen molar-refractivity contribution >= 4 is 29.7 Å². The van der Waals surface area contributed by atoms with Crippen LogP contribution < -0.4 is 5.32 Å². The van der Waals surface area contributed by atoms with Crippen molar-refractivity contribution in [3.8, 4) is 11.1 Å². The van der Waals surface area contributed by atoms with Crippen LogP contribution in [0.25, 0.3) is 11.1 Å². The van der Waals surface area contributed by atoms with Gasteiger partial charge in [0.15, 0.2) is 0 Å². The predicted molar refractivity (Wildman–Crippen MR) is 132 cm³/mol. The molecule has 2 amide bonds. The molecule has 8 heteroatoms. The Kier molecular flexibility index (Phi) is 7.57. The van der Waals surface area contributed by atoms with E-state index >= 15 is 0 Å². The van der Waals surface area contributed by atoms with Crippen molar-refractivity contribution < 1.29 is 24.2 Å². The largest absolute Gasteiger partial charge is 0.478 e. The number of aliphatic carboxylic acids is 1. The molecule has 2 aromatic rings. The number of carbonyl (C=O) groups excluding carboxylic acids is 2. The third-order valence-corrected chi connectivity index (χ3v) is 6.98. The fourth-order valence-electron chi connectivity index (χ4n) is 4.56. The van der Waals surface area contributed by atoms with Crippen molar-refractivity contribution in [3.63, 3.8) is 0 Å². The Hall–Kier alpha value is -3.26. The van der Waals surface area contributed by atoms with E-state index in [0.717, 1.165) is 22.3 Å². The van der Waals surface area contributed by atoms with E-state index in [4.69, 9.17) is 9.84 Å². The maximum atomic E-state index is 13.1. The minimum absolute atomic E-state index is 0.0554. The number of amides is 2. The summed E-state index contributed by atoms with van der Waals surface area (Å²) < 4.78 is 5.62. The van der Waals surface area contributed by atoms with Gasteiger partial charge in [0.2, 0.25) is 5.91 Å². The van der Waals surface area contributed by atoms with Crippen molar-refractivity contribution in [1.29, 1.82) is 0 Å². The van der Waals surface area contributed by atoms with Crippen LogP contribution in [-0.4, -0.2) is 65.7 Å². The van der Waals surface area contributed by atoms with Crippen LogP contribution in [0.4, 0.5) is 4.79 Å². The predicted octanol–water partition coefficient (Wildman–Crippen LogP) is 3.89. The van der Waals surface area contributed by atoms with Crippen LogP contribution in [-0.2, 0) is 14.3 Å². The molecule has 0 saturated heterocycles. The summed E-state index contributed by atoms with van der Waals surface area (Å²) in [5.74, 6) is -0.532. The standard InChI is InChI=1S/C26H28N2O5S/c1-34-15-12-23(24(29)28-13-10-17(11-14-28)25(30)31)27-26(32)33-16-22-20-8-4-2-6-18(20)19-7-3-5-9-21(19)22/h2-10,22-23H,11-16H2,1H3,(H,27,32)(H,30,31)/t23-/m1/s1. The Bertz CT molecular complexity index is 1070. The van der Waals surface area contributed by atoms with Crippen molar-refractivity contribution in [2.24, 2.45) is 0 Å². The highest BCUT2D eigenvalue weighted by Crippen LogP contribution is 2.44. The maximum Gasteiger partial charge on any atom is 0.407 e. The molecule has 0 unspecified atom stereocenters. The molecule has 2 aliphatic rings. The zero-order chi connectivity index (χ0) is 24.1. The fraction of sp³-hybridized carbons (Fsp3) is 0.346. The summed E-state index contributed by atoms with van der Waals surface area (Å²) in [5.41, 5.74) is 4.87. The first-order chi connectivity index (χ1) is 16.5. The zero-order valence-corrected chi connectivity index (χ0v) is 19.8. The molecule has 0 radical (unpaired) electrons. The normalized spacial score (nSPS) is 15.7. The highest BCUT2D eigenvalue weighted by atomic mass is 32.2. The van der Waals surface area contributed by atoms with Crippen LogP contribution in [0, 0.1) is 0 Å². The Morgan fingerprint density at radius 2 is 1.76 bits per heavy atom. The number of alkyl carbamates (subject to hydrolysis) is 1. The molecular weight excluding hydrogens is 452 g/mol. The van der Waals surface area contributed by atoms with Crippen LogP contribution >= 0.6 is 11.8 Å². The first kappa shape index (κ1) is 23.9. The van der Waals surface area contributed by atoms with Gasteiger partial charge in [-0.3, -0.25) is 4.79 Å². The second-order valence-electron chi connectivity index (χ2n) is 8.37. The molecular formula is C26H28N2O5S. The second kappa shape index (κ2) is 10.8. The van der Waals surface area contributed by atoms with Crippen LogP contribution in [0.1, 0.15) is 29.9 Å². The molecule has 1 aliphatic heterocycles. The van der Waals surface area contributed by atoms with Gasteiger partial charge in [0.05, 0.1) is 0 Å². The summed E-state index contributed by atoms with van der Waals surface area (Å²) in [6, 6.07) is 15.5. The highest BCUT2D eigenvalue weighted by Gasteiger charge is 2.31. The Labute approximate surface area is 203 Å². The van der Waals surface area contributed by atoms with E-state index in [-0.39, 0.29) is 25.0 Å². The van der Waals surface area contributed by atoms with Crippen LogP contribution in [0.15, 0.2) is 60.2 Å². The van der Waals surface area contributed by atoms with Gasteiger partial charge in [-0.25, -0.2) is 9.59 Å². The molecule has 2 aromatic carbocycles. The number of nitrogens with zero attached hydrogens (tertiary/aromatic N) is 1. The minimum atomic E-state index is -0.956.